The highest BCUT2D eigenvalue weighted by Gasteiger charge is 2.74. The Balaban J connectivity index is 6.15. The van der Waals surface area contributed by atoms with Gasteiger partial charge in [-0.2, -0.15) is 31.3 Å². The zero-order valence-electron chi connectivity index (χ0n) is 12.6. The molecule has 0 rings (SSSR count). The summed E-state index contributed by atoms with van der Waals surface area (Å²) >= 11 is 0. The van der Waals surface area contributed by atoms with Crippen molar-refractivity contribution in [3.63, 3.8) is 0 Å². The molecular weight excluding hydrogens is 334 g/mol. The van der Waals surface area contributed by atoms with Gasteiger partial charge in [-0.25, -0.2) is 0 Å². The molecule has 0 aliphatic carbocycles. The van der Waals surface area contributed by atoms with Crippen LogP contribution in [0.2, 0.25) is 39.3 Å². The molecule has 0 saturated heterocycles. The number of nitrogens with zero attached hydrogens (tertiary/aromatic N) is 2. The average Bonchev–Trinajstić information content (AvgIpc) is 2.07. The highest BCUT2D eigenvalue weighted by atomic mass is 28.4. The van der Waals surface area contributed by atoms with Crippen LogP contribution in [0.4, 0.5) is 26.3 Å². The smallest absolute Gasteiger partial charge is 0.380 e. The Morgan fingerprint density at radius 1 is 0.810 bits per heavy atom. The maximum atomic E-state index is 13.0. The van der Waals surface area contributed by atoms with Crippen LogP contribution < -0.4 is 0 Å². The van der Waals surface area contributed by atoms with Crippen molar-refractivity contribution in [3.8, 4) is 0 Å². The Labute approximate surface area is 121 Å². The molecule has 0 radical (unpaired) electrons. The lowest BCUT2D eigenvalue weighted by Gasteiger charge is -2.37. The van der Waals surface area contributed by atoms with E-state index in [-0.39, 0.29) is 0 Å². The molecule has 0 unspecified atom stereocenters. The number of rotatable bonds is 4. The summed E-state index contributed by atoms with van der Waals surface area (Å²) in [5.41, 5.74) is -4.62. The molecule has 124 valence electrons. The number of hydrogen-bond acceptors (Lipinski definition) is 3. The summed E-state index contributed by atoms with van der Waals surface area (Å²) in [5.74, 6) is 0. The second kappa shape index (κ2) is 5.86. The average molecular weight is 352 g/mol. The van der Waals surface area contributed by atoms with Crippen molar-refractivity contribution in [1.29, 1.82) is 0 Å². The molecule has 3 nitrogen and oxygen atoms in total. The van der Waals surface area contributed by atoms with Crippen molar-refractivity contribution in [3.05, 3.63) is 0 Å². The fraction of sp³-hybridized carbons (Fsp3) is 0.900. The minimum atomic E-state index is -5.76. The SMILES string of the molecule is C[Si](C)(C)N=C=NC(O[Si](C)(C)C)(C(F)(F)F)C(F)(F)F. The lowest BCUT2D eigenvalue weighted by atomic mass is 10.2. The molecule has 0 aromatic rings. The first-order valence-corrected chi connectivity index (χ1v) is 12.8. The molecule has 0 fully saturated rings. The van der Waals surface area contributed by atoms with Gasteiger partial charge >= 0.3 is 18.1 Å². The van der Waals surface area contributed by atoms with E-state index in [1.54, 1.807) is 25.6 Å². The second-order valence-electron chi connectivity index (χ2n) is 6.35. The first kappa shape index (κ1) is 20.4. The first-order chi connectivity index (χ1) is 8.91. The second-order valence-corrected chi connectivity index (χ2v) is 15.3. The number of alkyl halides is 6. The van der Waals surface area contributed by atoms with Gasteiger partial charge in [-0.05, 0) is 39.3 Å². The fourth-order valence-electron chi connectivity index (χ4n) is 1.11. The van der Waals surface area contributed by atoms with Crippen LogP contribution in [0.3, 0.4) is 0 Å². The third-order valence-electron chi connectivity index (χ3n) is 1.82. The summed E-state index contributed by atoms with van der Waals surface area (Å²) in [6, 6.07) is 1.57. The van der Waals surface area contributed by atoms with E-state index in [4.69, 9.17) is 0 Å². The van der Waals surface area contributed by atoms with Crippen molar-refractivity contribution >= 4 is 22.6 Å². The molecule has 0 aromatic carbocycles. The molecular formula is C10H18F6N2OSi2. The standard InChI is InChI=1S/C10H18F6N2OSi2/c1-20(2,3)18-7-17-8(9(11,12)13,10(14,15)16)19-21(4,5)6/h1-6H3. The van der Waals surface area contributed by atoms with Gasteiger partial charge in [0, 0.05) is 0 Å². The van der Waals surface area contributed by atoms with Crippen LogP contribution in [0.1, 0.15) is 0 Å². The van der Waals surface area contributed by atoms with Gasteiger partial charge in [0.15, 0.2) is 16.6 Å². The van der Waals surface area contributed by atoms with Gasteiger partial charge in [-0.3, -0.25) is 4.66 Å². The van der Waals surface area contributed by atoms with Crippen LogP contribution in [0, 0.1) is 0 Å². The number of hydrogen-bond donors (Lipinski definition) is 0. The van der Waals surface area contributed by atoms with Crippen LogP contribution >= 0.6 is 0 Å². The fourth-order valence-corrected chi connectivity index (χ4v) is 2.63. The predicted octanol–water partition coefficient (Wildman–Crippen LogP) is 4.67. The largest absolute Gasteiger partial charge is 0.448 e. The zero-order valence-corrected chi connectivity index (χ0v) is 14.6. The summed E-state index contributed by atoms with van der Waals surface area (Å²) in [6.07, 6.45) is -11.5. The molecule has 21 heavy (non-hydrogen) atoms. The van der Waals surface area contributed by atoms with E-state index in [1.807, 2.05) is 0 Å². The monoisotopic (exact) mass is 352 g/mol. The Morgan fingerprint density at radius 3 is 1.43 bits per heavy atom. The van der Waals surface area contributed by atoms with Gasteiger partial charge in [0.05, 0.1) is 6.01 Å². The third kappa shape index (κ3) is 5.93. The van der Waals surface area contributed by atoms with Crippen LogP contribution in [-0.2, 0) is 4.43 Å². The van der Waals surface area contributed by atoms with Crippen molar-refractivity contribution < 1.29 is 30.8 Å². The predicted molar refractivity (Wildman–Crippen MR) is 72.5 cm³/mol. The van der Waals surface area contributed by atoms with E-state index in [0.29, 0.717) is 0 Å². The molecule has 0 spiro atoms. The number of aliphatic imine (C=N–C) groups is 1. The molecule has 0 amide bonds. The minimum absolute atomic E-state index is 1.21. The summed E-state index contributed by atoms with van der Waals surface area (Å²) < 4.78 is 86.1. The molecule has 0 aliphatic rings. The van der Waals surface area contributed by atoms with Crippen LogP contribution in [0.5, 0.6) is 0 Å². The highest BCUT2D eigenvalue weighted by molar-refractivity contribution is 6.75. The maximum absolute atomic E-state index is 13.0. The third-order valence-corrected chi connectivity index (χ3v) is 3.49. The van der Waals surface area contributed by atoms with E-state index >= 15 is 0 Å². The Morgan fingerprint density at radius 2 is 1.19 bits per heavy atom. The molecule has 0 bridgehead atoms. The molecule has 0 heterocycles. The van der Waals surface area contributed by atoms with Gasteiger partial charge in [-0.15, -0.1) is 0 Å². The lowest BCUT2D eigenvalue weighted by Crippen LogP contribution is -2.61. The van der Waals surface area contributed by atoms with Crippen molar-refractivity contribution in [1.82, 2.24) is 0 Å². The van der Waals surface area contributed by atoms with Crippen molar-refractivity contribution in [2.24, 2.45) is 9.65 Å². The Bertz CT molecular complexity index is 413. The normalized spacial score (nSPS) is 14.7. The quantitative estimate of drug-likeness (QED) is 0.411. The van der Waals surface area contributed by atoms with Crippen LogP contribution in [-0.4, -0.2) is 40.6 Å². The van der Waals surface area contributed by atoms with E-state index in [0.717, 1.165) is 0 Å². The summed E-state index contributed by atoms with van der Waals surface area (Å²) in [6.45, 7) is 8.51. The molecule has 0 atom stereocenters. The van der Waals surface area contributed by atoms with E-state index in [2.05, 4.69) is 14.1 Å². The van der Waals surface area contributed by atoms with Gasteiger partial charge < -0.3 is 4.43 Å². The van der Waals surface area contributed by atoms with E-state index in [9.17, 15) is 26.3 Å². The van der Waals surface area contributed by atoms with Gasteiger partial charge in [-0.1, -0.05) is 0 Å². The van der Waals surface area contributed by atoms with Crippen molar-refractivity contribution in [2.75, 3.05) is 0 Å². The minimum Gasteiger partial charge on any atom is -0.380 e. The Hall–Kier alpha value is -0.646. The number of halogens is 6. The van der Waals surface area contributed by atoms with Gasteiger partial charge in [0.2, 0.25) is 0 Å². The molecule has 0 aromatic heterocycles. The summed E-state index contributed by atoms with van der Waals surface area (Å²) in [4.78, 5) is 2.55. The Kier molecular flexibility index (Phi) is 5.68. The van der Waals surface area contributed by atoms with Crippen LogP contribution in [0.25, 0.3) is 0 Å². The molecule has 0 aliphatic heterocycles. The van der Waals surface area contributed by atoms with E-state index < -0.39 is 34.6 Å². The zero-order chi connectivity index (χ0) is 17.3. The first-order valence-electron chi connectivity index (χ1n) is 5.94. The summed E-state index contributed by atoms with van der Waals surface area (Å²) in [5, 5.41) is 0. The van der Waals surface area contributed by atoms with Crippen molar-refractivity contribution in [2.45, 2.75) is 57.4 Å². The van der Waals surface area contributed by atoms with E-state index in [1.165, 1.54) is 19.6 Å². The molecule has 11 heteroatoms. The topological polar surface area (TPSA) is 34.0 Å². The van der Waals surface area contributed by atoms with Gasteiger partial charge in [0.25, 0.3) is 0 Å². The van der Waals surface area contributed by atoms with Crippen LogP contribution in [0.15, 0.2) is 9.65 Å². The van der Waals surface area contributed by atoms with Gasteiger partial charge in [0.1, 0.15) is 0 Å². The molecule has 0 saturated carbocycles. The maximum Gasteiger partial charge on any atom is 0.448 e. The summed E-state index contributed by atoms with van der Waals surface area (Å²) in [7, 11) is -5.50. The highest BCUT2D eigenvalue weighted by Crippen LogP contribution is 2.48. The lowest BCUT2D eigenvalue weighted by molar-refractivity contribution is -0.357. The molecule has 0 N–H and O–H groups in total.